The summed E-state index contributed by atoms with van der Waals surface area (Å²) in [6.45, 7) is 7.28. The Morgan fingerprint density at radius 3 is 2.47 bits per heavy atom. The molecule has 0 aromatic rings. The molecule has 0 saturated heterocycles. The average Bonchev–Trinajstić information content (AvgIpc) is 2.39. The van der Waals surface area contributed by atoms with Crippen molar-refractivity contribution in [2.75, 3.05) is 6.54 Å². The molecular formula is C13H27NO. The highest BCUT2D eigenvalue weighted by atomic mass is 16.3. The summed E-state index contributed by atoms with van der Waals surface area (Å²) < 4.78 is 0. The topological polar surface area (TPSA) is 32.3 Å². The van der Waals surface area contributed by atoms with Crippen LogP contribution < -0.4 is 5.32 Å². The van der Waals surface area contributed by atoms with E-state index in [4.69, 9.17) is 0 Å². The van der Waals surface area contributed by atoms with Crippen molar-refractivity contribution >= 4 is 0 Å². The molecule has 2 nitrogen and oxygen atoms in total. The van der Waals surface area contributed by atoms with E-state index in [-0.39, 0.29) is 6.10 Å². The second-order valence-electron chi connectivity index (χ2n) is 5.47. The fraction of sp³-hybridized carbons (Fsp3) is 1.00. The molecule has 1 saturated carbocycles. The predicted octanol–water partition coefficient (Wildman–Crippen LogP) is 2.56. The van der Waals surface area contributed by atoms with Gasteiger partial charge in [0.25, 0.3) is 0 Å². The third-order valence-electron chi connectivity index (χ3n) is 3.66. The zero-order valence-electron chi connectivity index (χ0n) is 10.5. The van der Waals surface area contributed by atoms with Gasteiger partial charge in [-0.25, -0.2) is 0 Å². The SMILES string of the molecule is CC(O)CNC1CCCC(C(C)C)CC1. The summed E-state index contributed by atoms with van der Waals surface area (Å²) in [5.41, 5.74) is 0. The summed E-state index contributed by atoms with van der Waals surface area (Å²) in [4.78, 5) is 0. The molecule has 15 heavy (non-hydrogen) atoms. The van der Waals surface area contributed by atoms with Crippen molar-refractivity contribution in [2.45, 2.75) is 65.0 Å². The predicted molar refractivity (Wildman–Crippen MR) is 64.9 cm³/mol. The zero-order chi connectivity index (χ0) is 11.3. The minimum absolute atomic E-state index is 0.214. The summed E-state index contributed by atoms with van der Waals surface area (Å²) >= 11 is 0. The molecule has 1 fully saturated rings. The monoisotopic (exact) mass is 213 g/mol. The molecule has 0 amide bonds. The summed E-state index contributed by atoms with van der Waals surface area (Å²) in [7, 11) is 0. The fourth-order valence-corrected chi connectivity index (χ4v) is 2.54. The van der Waals surface area contributed by atoms with Crippen LogP contribution in [0.25, 0.3) is 0 Å². The molecule has 0 aliphatic heterocycles. The van der Waals surface area contributed by atoms with Gasteiger partial charge < -0.3 is 10.4 Å². The highest BCUT2D eigenvalue weighted by molar-refractivity contribution is 4.76. The van der Waals surface area contributed by atoms with Crippen LogP contribution in [0, 0.1) is 11.8 Å². The van der Waals surface area contributed by atoms with Crippen LogP contribution in [0.2, 0.25) is 0 Å². The molecule has 0 radical (unpaired) electrons. The summed E-state index contributed by atoms with van der Waals surface area (Å²) in [6.07, 6.45) is 6.46. The minimum atomic E-state index is -0.214. The van der Waals surface area contributed by atoms with Gasteiger partial charge in [0.05, 0.1) is 6.10 Å². The van der Waals surface area contributed by atoms with E-state index in [0.29, 0.717) is 6.04 Å². The van der Waals surface area contributed by atoms with Crippen LogP contribution in [0.3, 0.4) is 0 Å². The van der Waals surface area contributed by atoms with Crippen LogP contribution in [-0.4, -0.2) is 23.8 Å². The van der Waals surface area contributed by atoms with Crippen molar-refractivity contribution in [3.05, 3.63) is 0 Å². The van der Waals surface area contributed by atoms with Crippen LogP contribution in [0.15, 0.2) is 0 Å². The third kappa shape index (κ3) is 4.98. The molecule has 0 bridgehead atoms. The summed E-state index contributed by atoms with van der Waals surface area (Å²) in [6, 6.07) is 0.642. The first-order chi connectivity index (χ1) is 7.09. The van der Waals surface area contributed by atoms with Crippen LogP contribution in [0.5, 0.6) is 0 Å². The maximum absolute atomic E-state index is 9.23. The largest absolute Gasteiger partial charge is 0.392 e. The Bertz CT molecular complexity index is 168. The maximum atomic E-state index is 9.23. The summed E-state index contributed by atoms with van der Waals surface area (Å²) in [5.74, 6) is 1.75. The molecule has 0 spiro atoms. The molecule has 1 rings (SSSR count). The Labute approximate surface area is 94.5 Å². The van der Waals surface area contributed by atoms with Crippen molar-refractivity contribution in [1.29, 1.82) is 0 Å². The van der Waals surface area contributed by atoms with Gasteiger partial charge in [-0.1, -0.05) is 26.7 Å². The standard InChI is InChI=1S/C13H27NO/c1-10(2)12-5-4-6-13(8-7-12)14-9-11(3)15/h10-15H,4-9H2,1-3H3. The van der Waals surface area contributed by atoms with Gasteiger partial charge in [-0.2, -0.15) is 0 Å². The molecule has 2 N–H and O–H groups in total. The van der Waals surface area contributed by atoms with Gasteiger partial charge in [0, 0.05) is 12.6 Å². The maximum Gasteiger partial charge on any atom is 0.0636 e. The van der Waals surface area contributed by atoms with E-state index >= 15 is 0 Å². The Kier molecular flexibility index (Phi) is 5.62. The van der Waals surface area contributed by atoms with Gasteiger partial charge in [-0.3, -0.25) is 0 Å². The van der Waals surface area contributed by atoms with Crippen molar-refractivity contribution in [3.63, 3.8) is 0 Å². The highest BCUT2D eigenvalue weighted by Crippen LogP contribution is 2.28. The van der Waals surface area contributed by atoms with Gasteiger partial charge in [-0.05, 0) is 38.0 Å². The molecule has 0 aromatic heterocycles. The number of hydrogen-bond acceptors (Lipinski definition) is 2. The lowest BCUT2D eigenvalue weighted by Crippen LogP contribution is -2.34. The summed E-state index contributed by atoms with van der Waals surface area (Å²) in [5, 5.41) is 12.7. The molecule has 3 atom stereocenters. The van der Waals surface area contributed by atoms with E-state index in [2.05, 4.69) is 19.2 Å². The third-order valence-corrected chi connectivity index (χ3v) is 3.66. The van der Waals surface area contributed by atoms with E-state index in [9.17, 15) is 5.11 Å². The van der Waals surface area contributed by atoms with Gasteiger partial charge in [0.15, 0.2) is 0 Å². The molecule has 2 heteroatoms. The van der Waals surface area contributed by atoms with Crippen LogP contribution in [0.1, 0.15) is 52.9 Å². The Morgan fingerprint density at radius 2 is 1.87 bits per heavy atom. The highest BCUT2D eigenvalue weighted by Gasteiger charge is 2.20. The van der Waals surface area contributed by atoms with Crippen molar-refractivity contribution in [1.82, 2.24) is 5.32 Å². The molecule has 0 heterocycles. The lowest BCUT2D eigenvalue weighted by molar-refractivity contribution is 0.184. The quantitative estimate of drug-likeness (QED) is 0.703. The molecule has 1 aliphatic carbocycles. The van der Waals surface area contributed by atoms with Gasteiger partial charge in [-0.15, -0.1) is 0 Å². The average molecular weight is 213 g/mol. The lowest BCUT2D eigenvalue weighted by Gasteiger charge is -2.19. The van der Waals surface area contributed by atoms with Crippen LogP contribution in [-0.2, 0) is 0 Å². The van der Waals surface area contributed by atoms with Crippen molar-refractivity contribution < 1.29 is 5.11 Å². The van der Waals surface area contributed by atoms with Crippen LogP contribution >= 0.6 is 0 Å². The fourth-order valence-electron chi connectivity index (χ4n) is 2.54. The molecule has 1 aliphatic rings. The number of aliphatic hydroxyl groups excluding tert-OH is 1. The van der Waals surface area contributed by atoms with Crippen LogP contribution in [0.4, 0.5) is 0 Å². The Balaban J connectivity index is 2.26. The molecular weight excluding hydrogens is 186 g/mol. The minimum Gasteiger partial charge on any atom is -0.392 e. The van der Waals surface area contributed by atoms with Crippen molar-refractivity contribution in [2.24, 2.45) is 11.8 Å². The zero-order valence-corrected chi connectivity index (χ0v) is 10.5. The Morgan fingerprint density at radius 1 is 1.13 bits per heavy atom. The Hall–Kier alpha value is -0.0800. The number of hydrogen-bond donors (Lipinski definition) is 2. The molecule has 0 aromatic carbocycles. The second-order valence-corrected chi connectivity index (χ2v) is 5.47. The van der Waals surface area contributed by atoms with Gasteiger partial charge in [0.1, 0.15) is 0 Å². The smallest absolute Gasteiger partial charge is 0.0636 e. The first kappa shape index (κ1) is 13.0. The van der Waals surface area contributed by atoms with E-state index in [1.807, 2.05) is 6.92 Å². The van der Waals surface area contributed by atoms with E-state index in [1.54, 1.807) is 0 Å². The molecule has 3 unspecified atom stereocenters. The molecule has 90 valence electrons. The van der Waals surface area contributed by atoms with E-state index in [0.717, 1.165) is 18.4 Å². The number of nitrogens with one attached hydrogen (secondary N) is 1. The second kappa shape index (κ2) is 6.49. The van der Waals surface area contributed by atoms with E-state index < -0.39 is 0 Å². The number of rotatable bonds is 4. The first-order valence-corrected chi connectivity index (χ1v) is 6.51. The van der Waals surface area contributed by atoms with E-state index in [1.165, 1.54) is 32.1 Å². The lowest BCUT2D eigenvalue weighted by atomic mass is 9.89. The van der Waals surface area contributed by atoms with Crippen molar-refractivity contribution in [3.8, 4) is 0 Å². The first-order valence-electron chi connectivity index (χ1n) is 6.51. The van der Waals surface area contributed by atoms with Gasteiger partial charge in [0.2, 0.25) is 0 Å². The normalized spacial score (nSPS) is 30.2. The van der Waals surface area contributed by atoms with Gasteiger partial charge >= 0.3 is 0 Å². The number of aliphatic hydroxyl groups is 1.